The molecule has 21 heavy (non-hydrogen) atoms. The number of nitrogens with zero attached hydrogens (tertiary/aromatic N) is 1. The summed E-state index contributed by atoms with van der Waals surface area (Å²) in [4.78, 5) is 0.386. The molecule has 0 saturated carbocycles. The molecule has 0 aromatic heterocycles. The Morgan fingerprint density at radius 3 is 2.43 bits per heavy atom. The summed E-state index contributed by atoms with van der Waals surface area (Å²) in [7, 11) is -1.42. The normalized spacial score (nSPS) is 17.5. The second-order valence-corrected chi connectivity index (χ2v) is 8.22. The lowest BCUT2D eigenvalue weighted by atomic mass is 9.98. The average Bonchev–Trinajstić information content (AvgIpc) is 2.38. The maximum atomic E-state index is 12.6. The number of nitrogens with one attached hydrogen (secondary N) is 1. The standard InChI is InChI=1S/C14H21BrN2O2S.ClH/c1-11-7-13(15)9-14(8-11)20(18,19)17-5-3-12(4-6-17)10-16-2;/h7-9,12,16H,3-6,10H2,1-2H3;1H. The molecule has 1 aromatic rings. The fourth-order valence-corrected chi connectivity index (χ4v) is 5.00. The highest BCUT2D eigenvalue weighted by molar-refractivity contribution is 9.10. The molecular weight excluding hydrogens is 376 g/mol. The third kappa shape index (κ3) is 4.66. The van der Waals surface area contributed by atoms with Gasteiger partial charge in [0.25, 0.3) is 0 Å². The Bertz CT molecular complexity index is 552. The highest BCUT2D eigenvalue weighted by Crippen LogP contribution is 2.26. The molecule has 1 saturated heterocycles. The van der Waals surface area contributed by atoms with Crippen LogP contribution in [0.25, 0.3) is 0 Å². The Labute approximate surface area is 141 Å². The first-order valence-electron chi connectivity index (χ1n) is 6.85. The summed E-state index contributed by atoms with van der Waals surface area (Å²) in [5.41, 5.74) is 0.947. The van der Waals surface area contributed by atoms with Gasteiger partial charge in [-0.15, -0.1) is 12.4 Å². The molecule has 1 aliphatic rings. The lowest BCUT2D eigenvalue weighted by Gasteiger charge is -2.31. The van der Waals surface area contributed by atoms with E-state index in [0.717, 1.165) is 29.4 Å². The Hall–Kier alpha value is -0.140. The number of sulfonamides is 1. The molecule has 0 amide bonds. The van der Waals surface area contributed by atoms with Crippen LogP contribution < -0.4 is 5.32 Å². The number of rotatable bonds is 4. The van der Waals surface area contributed by atoms with Crippen molar-refractivity contribution < 1.29 is 8.42 Å². The molecular formula is C14H22BrClN2O2S. The van der Waals surface area contributed by atoms with Crippen LogP contribution in [-0.4, -0.2) is 39.4 Å². The van der Waals surface area contributed by atoms with Gasteiger partial charge >= 0.3 is 0 Å². The molecule has 120 valence electrons. The molecule has 0 aliphatic carbocycles. The average molecular weight is 398 g/mol. The monoisotopic (exact) mass is 396 g/mol. The molecule has 0 bridgehead atoms. The maximum absolute atomic E-state index is 12.6. The molecule has 0 spiro atoms. The van der Waals surface area contributed by atoms with Gasteiger partial charge in [0.2, 0.25) is 10.0 Å². The molecule has 1 fully saturated rings. The van der Waals surface area contributed by atoms with E-state index in [4.69, 9.17) is 0 Å². The summed E-state index contributed by atoms with van der Waals surface area (Å²) in [6.07, 6.45) is 1.85. The first-order chi connectivity index (χ1) is 9.43. The zero-order valence-electron chi connectivity index (χ0n) is 12.3. The van der Waals surface area contributed by atoms with E-state index in [-0.39, 0.29) is 12.4 Å². The van der Waals surface area contributed by atoms with Gasteiger partial charge in [0, 0.05) is 17.6 Å². The van der Waals surface area contributed by atoms with E-state index >= 15 is 0 Å². The molecule has 0 unspecified atom stereocenters. The fraction of sp³-hybridized carbons (Fsp3) is 0.571. The van der Waals surface area contributed by atoms with Gasteiger partial charge in [0.15, 0.2) is 0 Å². The van der Waals surface area contributed by atoms with E-state index in [1.54, 1.807) is 16.4 Å². The van der Waals surface area contributed by atoms with Crippen molar-refractivity contribution in [1.82, 2.24) is 9.62 Å². The maximum Gasteiger partial charge on any atom is 0.243 e. The number of benzene rings is 1. The van der Waals surface area contributed by atoms with E-state index in [9.17, 15) is 8.42 Å². The van der Waals surface area contributed by atoms with Gasteiger partial charge in [-0.1, -0.05) is 15.9 Å². The first kappa shape index (κ1) is 18.9. The molecule has 7 heteroatoms. The van der Waals surface area contributed by atoms with Crippen molar-refractivity contribution in [3.63, 3.8) is 0 Å². The van der Waals surface area contributed by atoms with Crippen molar-refractivity contribution in [2.75, 3.05) is 26.7 Å². The number of aryl methyl sites for hydroxylation is 1. The van der Waals surface area contributed by atoms with Crippen LogP contribution in [0.15, 0.2) is 27.6 Å². The molecule has 4 nitrogen and oxygen atoms in total. The zero-order chi connectivity index (χ0) is 14.8. The van der Waals surface area contributed by atoms with Crippen molar-refractivity contribution in [2.24, 2.45) is 5.92 Å². The third-order valence-corrected chi connectivity index (χ3v) is 6.05. The van der Waals surface area contributed by atoms with Crippen LogP contribution in [0.1, 0.15) is 18.4 Å². The van der Waals surface area contributed by atoms with Crippen LogP contribution in [0.3, 0.4) is 0 Å². The van der Waals surface area contributed by atoms with Crippen LogP contribution in [0.4, 0.5) is 0 Å². The van der Waals surface area contributed by atoms with Crippen LogP contribution in [-0.2, 0) is 10.0 Å². The highest BCUT2D eigenvalue weighted by atomic mass is 79.9. The molecule has 1 heterocycles. The predicted molar refractivity (Wildman–Crippen MR) is 91.5 cm³/mol. The third-order valence-electron chi connectivity index (χ3n) is 3.72. The molecule has 1 N–H and O–H groups in total. The van der Waals surface area contributed by atoms with Gasteiger partial charge in [-0.2, -0.15) is 4.31 Å². The minimum atomic E-state index is -3.36. The van der Waals surface area contributed by atoms with Crippen LogP contribution >= 0.6 is 28.3 Å². The van der Waals surface area contributed by atoms with Crippen molar-refractivity contribution in [3.05, 3.63) is 28.2 Å². The summed E-state index contributed by atoms with van der Waals surface area (Å²) < 4.78 is 27.7. The van der Waals surface area contributed by atoms with Crippen molar-refractivity contribution in [3.8, 4) is 0 Å². The summed E-state index contributed by atoms with van der Waals surface area (Å²) in [6, 6.07) is 5.33. The quantitative estimate of drug-likeness (QED) is 0.850. The van der Waals surface area contributed by atoms with Gasteiger partial charge in [-0.25, -0.2) is 8.42 Å². The Morgan fingerprint density at radius 2 is 1.90 bits per heavy atom. The minimum absolute atomic E-state index is 0. The van der Waals surface area contributed by atoms with E-state index in [0.29, 0.717) is 23.9 Å². The van der Waals surface area contributed by atoms with Gasteiger partial charge in [-0.05, 0) is 63.0 Å². The summed E-state index contributed by atoms with van der Waals surface area (Å²) in [6.45, 7) is 4.09. The van der Waals surface area contributed by atoms with Crippen LogP contribution in [0, 0.1) is 12.8 Å². The lowest BCUT2D eigenvalue weighted by molar-refractivity contribution is 0.270. The summed E-state index contributed by atoms with van der Waals surface area (Å²) >= 11 is 3.37. The number of piperidine rings is 1. The Kier molecular flexibility index (Phi) is 7.13. The van der Waals surface area contributed by atoms with Gasteiger partial charge in [0.05, 0.1) is 4.90 Å². The van der Waals surface area contributed by atoms with Gasteiger partial charge in [-0.3, -0.25) is 0 Å². The summed E-state index contributed by atoms with van der Waals surface area (Å²) in [5, 5.41) is 3.16. The van der Waals surface area contributed by atoms with Crippen molar-refractivity contribution >= 4 is 38.4 Å². The minimum Gasteiger partial charge on any atom is -0.319 e. The van der Waals surface area contributed by atoms with Crippen molar-refractivity contribution in [2.45, 2.75) is 24.7 Å². The molecule has 2 rings (SSSR count). The van der Waals surface area contributed by atoms with Gasteiger partial charge < -0.3 is 5.32 Å². The number of halogens is 2. The smallest absolute Gasteiger partial charge is 0.243 e. The SMILES string of the molecule is CNCC1CCN(S(=O)(=O)c2cc(C)cc(Br)c2)CC1.Cl. The first-order valence-corrected chi connectivity index (χ1v) is 9.08. The largest absolute Gasteiger partial charge is 0.319 e. The second-order valence-electron chi connectivity index (χ2n) is 5.37. The molecule has 0 atom stereocenters. The fourth-order valence-electron chi connectivity index (χ4n) is 2.64. The van der Waals surface area contributed by atoms with Gasteiger partial charge in [0.1, 0.15) is 0 Å². The van der Waals surface area contributed by atoms with Crippen LogP contribution in [0.5, 0.6) is 0 Å². The zero-order valence-corrected chi connectivity index (χ0v) is 15.5. The number of hydrogen-bond donors (Lipinski definition) is 1. The van der Waals surface area contributed by atoms with E-state index in [1.807, 2.05) is 20.0 Å². The van der Waals surface area contributed by atoms with Crippen molar-refractivity contribution in [1.29, 1.82) is 0 Å². The molecule has 1 aliphatic heterocycles. The van der Waals surface area contributed by atoms with E-state index in [1.165, 1.54) is 0 Å². The second kappa shape index (κ2) is 7.92. The number of hydrogen-bond acceptors (Lipinski definition) is 3. The molecule has 1 aromatic carbocycles. The summed E-state index contributed by atoms with van der Waals surface area (Å²) in [5.74, 6) is 0.579. The van der Waals surface area contributed by atoms with Crippen LogP contribution in [0.2, 0.25) is 0 Å². The van der Waals surface area contributed by atoms with E-state index in [2.05, 4.69) is 21.2 Å². The predicted octanol–water partition coefficient (Wildman–Crippen LogP) is 2.80. The Balaban J connectivity index is 0.00000220. The Morgan fingerprint density at radius 1 is 1.29 bits per heavy atom. The lowest BCUT2D eigenvalue weighted by Crippen LogP contribution is -2.40. The highest BCUT2D eigenvalue weighted by Gasteiger charge is 2.29. The van der Waals surface area contributed by atoms with E-state index < -0.39 is 10.0 Å². The topological polar surface area (TPSA) is 49.4 Å². The molecule has 0 radical (unpaired) electrons.